The lowest BCUT2D eigenvalue weighted by atomic mass is 9.98. The number of morpholine rings is 1. The molecule has 16 heavy (non-hydrogen) atoms. The van der Waals surface area contributed by atoms with Crippen molar-refractivity contribution in [2.45, 2.75) is 38.3 Å². The smallest absolute Gasteiger partial charge is 0.323 e. The number of carboxylic acid groups (broad SMARTS) is 1. The maximum Gasteiger partial charge on any atom is 0.323 e. The molecule has 0 aromatic heterocycles. The Morgan fingerprint density at radius 1 is 1.62 bits per heavy atom. The Bertz CT molecular complexity index is 264. The van der Waals surface area contributed by atoms with E-state index in [9.17, 15) is 4.79 Å². The fourth-order valence-corrected chi connectivity index (χ4v) is 1.80. The molecule has 3 N–H and O–H groups in total. The third-order valence-electron chi connectivity index (χ3n) is 2.94. The summed E-state index contributed by atoms with van der Waals surface area (Å²) in [6.45, 7) is 8.70. The van der Waals surface area contributed by atoms with E-state index in [4.69, 9.17) is 15.6 Å². The van der Waals surface area contributed by atoms with Crippen molar-refractivity contribution in [3.05, 3.63) is 0 Å². The molecule has 0 aliphatic carbocycles. The zero-order valence-corrected chi connectivity index (χ0v) is 10.3. The first-order valence-corrected chi connectivity index (χ1v) is 5.61. The lowest BCUT2D eigenvalue weighted by Gasteiger charge is -2.39. The molecule has 5 heteroatoms. The Labute approximate surface area is 96.6 Å². The van der Waals surface area contributed by atoms with Crippen LogP contribution in [0.5, 0.6) is 0 Å². The van der Waals surface area contributed by atoms with Crippen molar-refractivity contribution in [1.29, 1.82) is 0 Å². The van der Waals surface area contributed by atoms with Crippen LogP contribution in [-0.4, -0.2) is 53.4 Å². The predicted molar refractivity (Wildman–Crippen MR) is 61.3 cm³/mol. The van der Waals surface area contributed by atoms with Gasteiger partial charge in [-0.3, -0.25) is 9.69 Å². The van der Waals surface area contributed by atoms with E-state index in [2.05, 4.69) is 4.90 Å². The molecule has 1 aliphatic rings. The fraction of sp³-hybridized carbons (Fsp3) is 0.909. The van der Waals surface area contributed by atoms with Gasteiger partial charge in [-0.25, -0.2) is 0 Å². The average Bonchev–Trinajstić information content (AvgIpc) is 2.13. The van der Waals surface area contributed by atoms with Gasteiger partial charge in [-0.05, 0) is 27.2 Å². The summed E-state index contributed by atoms with van der Waals surface area (Å²) in [5.74, 6) is -0.944. The normalized spacial score (nSPS) is 25.0. The summed E-state index contributed by atoms with van der Waals surface area (Å²) in [7, 11) is 0. The number of hydrogen-bond acceptors (Lipinski definition) is 4. The van der Waals surface area contributed by atoms with Crippen LogP contribution in [0, 0.1) is 0 Å². The number of rotatable bonds is 4. The minimum atomic E-state index is -1.14. The Morgan fingerprint density at radius 2 is 2.25 bits per heavy atom. The number of carbonyl (C=O) groups is 1. The summed E-state index contributed by atoms with van der Waals surface area (Å²) in [4.78, 5) is 13.1. The van der Waals surface area contributed by atoms with E-state index in [0.29, 0.717) is 19.6 Å². The molecule has 0 aromatic carbocycles. The third-order valence-corrected chi connectivity index (χ3v) is 2.94. The molecule has 1 fully saturated rings. The Hall–Kier alpha value is -0.650. The minimum Gasteiger partial charge on any atom is -0.480 e. The van der Waals surface area contributed by atoms with Crippen molar-refractivity contribution in [1.82, 2.24) is 4.90 Å². The number of carboxylic acids is 1. The molecular weight excluding hydrogens is 208 g/mol. The number of nitrogens with two attached hydrogens (primary N) is 1. The predicted octanol–water partition coefficient (Wildman–Crippen LogP) is 0.289. The maximum atomic E-state index is 10.9. The van der Waals surface area contributed by atoms with E-state index in [1.54, 1.807) is 6.92 Å². The Balaban J connectivity index is 2.41. The van der Waals surface area contributed by atoms with Crippen molar-refractivity contribution in [2.24, 2.45) is 5.73 Å². The van der Waals surface area contributed by atoms with Gasteiger partial charge in [0, 0.05) is 19.6 Å². The highest BCUT2D eigenvalue weighted by Crippen LogP contribution is 2.17. The molecule has 1 heterocycles. The van der Waals surface area contributed by atoms with Crippen molar-refractivity contribution in [3.63, 3.8) is 0 Å². The third kappa shape index (κ3) is 3.73. The van der Waals surface area contributed by atoms with E-state index < -0.39 is 11.5 Å². The van der Waals surface area contributed by atoms with Crippen LogP contribution in [0.15, 0.2) is 0 Å². The molecule has 0 saturated carbocycles. The molecule has 0 aromatic rings. The van der Waals surface area contributed by atoms with Crippen LogP contribution in [0.1, 0.15) is 27.2 Å². The van der Waals surface area contributed by atoms with Crippen LogP contribution in [-0.2, 0) is 9.53 Å². The first-order valence-electron chi connectivity index (χ1n) is 5.61. The molecule has 1 aliphatic heterocycles. The van der Waals surface area contributed by atoms with Crippen LogP contribution in [0.2, 0.25) is 0 Å². The van der Waals surface area contributed by atoms with Gasteiger partial charge < -0.3 is 15.6 Å². The van der Waals surface area contributed by atoms with Crippen LogP contribution < -0.4 is 5.73 Å². The molecule has 0 bridgehead atoms. The van der Waals surface area contributed by atoms with Crippen LogP contribution in [0.4, 0.5) is 0 Å². The number of nitrogens with zero attached hydrogens (tertiary/aromatic N) is 1. The van der Waals surface area contributed by atoms with Crippen LogP contribution in [0.25, 0.3) is 0 Å². The lowest BCUT2D eigenvalue weighted by Crippen LogP contribution is -2.52. The van der Waals surface area contributed by atoms with E-state index in [0.717, 1.165) is 13.1 Å². The first-order chi connectivity index (χ1) is 7.23. The molecule has 1 atom stereocenters. The van der Waals surface area contributed by atoms with Gasteiger partial charge in [0.2, 0.25) is 0 Å². The van der Waals surface area contributed by atoms with Crippen LogP contribution in [0.3, 0.4) is 0 Å². The van der Waals surface area contributed by atoms with Crippen LogP contribution >= 0.6 is 0 Å². The van der Waals surface area contributed by atoms with Gasteiger partial charge in [0.25, 0.3) is 0 Å². The number of aliphatic carboxylic acids is 1. The first kappa shape index (κ1) is 13.4. The lowest BCUT2D eigenvalue weighted by molar-refractivity contribution is -0.143. The monoisotopic (exact) mass is 230 g/mol. The van der Waals surface area contributed by atoms with Crippen molar-refractivity contribution in [3.8, 4) is 0 Å². The van der Waals surface area contributed by atoms with E-state index in [1.807, 2.05) is 13.8 Å². The zero-order chi connectivity index (χ0) is 12.4. The molecule has 5 nitrogen and oxygen atoms in total. The Kier molecular flexibility index (Phi) is 3.93. The summed E-state index contributed by atoms with van der Waals surface area (Å²) in [6, 6.07) is 0. The molecule has 94 valence electrons. The SMILES string of the molecule is CC1(C)CN(CCC(C)(N)C(=O)O)CCO1. The van der Waals surface area contributed by atoms with E-state index in [-0.39, 0.29) is 5.60 Å². The molecule has 0 spiro atoms. The van der Waals surface area contributed by atoms with Crippen molar-refractivity contribution in [2.75, 3.05) is 26.2 Å². The second-order valence-corrected chi connectivity index (χ2v) is 5.36. The van der Waals surface area contributed by atoms with E-state index >= 15 is 0 Å². The van der Waals surface area contributed by atoms with Gasteiger partial charge in [-0.15, -0.1) is 0 Å². The molecule has 0 amide bonds. The molecule has 1 rings (SSSR count). The second-order valence-electron chi connectivity index (χ2n) is 5.36. The van der Waals surface area contributed by atoms with Gasteiger partial charge in [0.1, 0.15) is 5.54 Å². The topological polar surface area (TPSA) is 75.8 Å². The summed E-state index contributed by atoms with van der Waals surface area (Å²) in [6.07, 6.45) is 0.457. The van der Waals surface area contributed by atoms with Crippen molar-refractivity contribution < 1.29 is 14.6 Å². The highest BCUT2D eigenvalue weighted by molar-refractivity contribution is 5.77. The summed E-state index contributed by atoms with van der Waals surface area (Å²) in [5.41, 5.74) is 4.40. The Morgan fingerprint density at radius 3 is 2.75 bits per heavy atom. The number of hydrogen-bond donors (Lipinski definition) is 2. The van der Waals surface area contributed by atoms with Gasteiger partial charge in [0.15, 0.2) is 0 Å². The van der Waals surface area contributed by atoms with Gasteiger partial charge in [-0.1, -0.05) is 0 Å². The van der Waals surface area contributed by atoms with E-state index in [1.165, 1.54) is 0 Å². The fourth-order valence-electron chi connectivity index (χ4n) is 1.80. The summed E-state index contributed by atoms with van der Waals surface area (Å²) >= 11 is 0. The highest BCUT2D eigenvalue weighted by Gasteiger charge is 2.31. The molecule has 0 radical (unpaired) electrons. The maximum absolute atomic E-state index is 10.9. The van der Waals surface area contributed by atoms with Gasteiger partial charge >= 0.3 is 5.97 Å². The summed E-state index contributed by atoms with van der Waals surface area (Å²) < 4.78 is 5.59. The molecule has 1 unspecified atom stereocenters. The largest absolute Gasteiger partial charge is 0.480 e. The zero-order valence-electron chi connectivity index (χ0n) is 10.3. The standard InChI is InChI=1S/C11H22N2O3/c1-10(2)8-13(6-7-16-10)5-4-11(3,12)9(14)15/h4-8,12H2,1-3H3,(H,14,15). The molecule has 1 saturated heterocycles. The number of ether oxygens (including phenoxy) is 1. The van der Waals surface area contributed by atoms with Gasteiger partial charge in [0.05, 0.1) is 12.2 Å². The molecular formula is C11H22N2O3. The van der Waals surface area contributed by atoms with Gasteiger partial charge in [-0.2, -0.15) is 0 Å². The average molecular weight is 230 g/mol. The minimum absolute atomic E-state index is 0.146. The summed E-state index contributed by atoms with van der Waals surface area (Å²) in [5, 5.41) is 8.91. The van der Waals surface area contributed by atoms with Crippen molar-refractivity contribution >= 4 is 5.97 Å². The second kappa shape index (κ2) is 4.69. The quantitative estimate of drug-likeness (QED) is 0.726. The highest BCUT2D eigenvalue weighted by atomic mass is 16.5.